The fraction of sp³-hybridized carbons (Fsp3) is 0.250. The van der Waals surface area contributed by atoms with Crippen molar-refractivity contribution in [2.45, 2.75) is 40.3 Å². The molecule has 2 heterocycles. The van der Waals surface area contributed by atoms with Crippen LogP contribution in [0.25, 0.3) is 22.2 Å². The van der Waals surface area contributed by atoms with Crippen molar-refractivity contribution in [3.63, 3.8) is 0 Å². The number of fused-ring (bicyclic) bond motifs is 1. The number of nitrogens with one attached hydrogen (secondary N) is 1. The molecule has 0 atom stereocenters. The van der Waals surface area contributed by atoms with Crippen molar-refractivity contribution in [1.29, 1.82) is 0 Å². The van der Waals surface area contributed by atoms with E-state index in [1.54, 1.807) is 13.0 Å². The number of nitrogens with two attached hydrogens (primary N) is 1. The minimum atomic E-state index is -0.315. The van der Waals surface area contributed by atoms with Crippen molar-refractivity contribution in [3.8, 4) is 17.0 Å². The number of aromatic nitrogens is 2. The normalized spacial score (nSPS) is 11.3. The van der Waals surface area contributed by atoms with Gasteiger partial charge < -0.3 is 24.9 Å². The Hall–Kier alpha value is -3.74. The van der Waals surface area contributed by atoms with Crippen LogP contribution in [-0.4, -0.2) is 21.7 Å². The van der Waals surface area contributed by atoms with Crippen LogP contribution in [-0.2, 0) is 6.54 Å². The van der Waals surface area contributed by atoms with Gasteiger partial charge in [-0.1, -0.05) is 17.3 Å². The lowest BCUT2D eigenvalue weighted by Gasteiger charge is -2.12. The van der Waals surface area contributed by atoms with Crippen LogP contribution in [0, 0.1) is 6.92 Å². The number of nitrogen functional groups attached to an aromatic ring is 1. The van der Waals surface area contributed by atoms with Gasteiger partial charge in [0.1, 0.15) is 11.5 Å². The van der Waals surface area contributed by atoms with Gasteiger partial charge in [0.05, 0.1) is 23.0 Å². The fourth-order valence-electron chi connectivity index (χ4n) is 3.72. The summed E-state index contributed by atoms with van der Waals surface area (Å²) < 4.78 is 13.0. The molecule has 4 rings (SSSR count). The number of anilines is 2. The molecule has 0 saturated heterocycles. The van der Waals surface area contributed by atoms with Gasteiger partial charge in [0.25, 0.3) is 5.91 Å². The predicted molar refractivity (Wildman–Crippen MR) is 122 cm³/mol. The van der Waals surface area contributed by atoms with Crippen LogP contribution < -0.4 is 15.8 Å². The lowest BCUT2D eigenvalue weighted by atomic mass is 10.1. The quantitative estimate of drug-likeness (QED) is 0.446. The van der Waals surface area contributed by atoms with E-state index in [9.17, 15) is 4.79 Å². The Bertz CT molecular complexity index is 1240. The number of hydrogen-bond acceptors (Lipinski definition) is 5. The SMILES string of the molecule is CCn1c(-c2ccc(NC(=O)c3cc(C)on3)cc2)c(N)c2ccc(OC(C)C)cc21. The second-order valence-electron chi connectivity index (χ2n) is 7.71. The first kappa shape index (κ1) is 20.5. The van der Waals surface area contributed by atoms with Gasteiger partial charge in [0, 0.05) is 35.3 Å². The second kappa shape index (κ2) is 8.18. The van der Waals surface area contributed by atoms with E-state index in [2.05, 4.69) is 22.0 Å². The van der Waals surface area contributed by atoms with Gasteiger partial charge in [-0.25, -0.2) is 0 Å². The van der Waals surface area contributed by atoms with Crippen LogP contribution >= 0.6 is 0 Å². The number of carbonyl (C=O) groups is 1. The third-order valence-corrected chi connectivity index (χ3v) is 5.04. The van der Waals surface area contributed by atoms with E-state index in [1.807, 2.05) is 56.3 Å². The molecule has 0 fully saturated rings. The van der Waals surface area contributed by atoms with Crippen LogP contribution in [0.1, 0.15) is 37.0 Å². The van der Waals surface area contributed by atoms with Gasteiger partial charge in [0.15, 0.2) is 5.69 Å². The number of amides is 1. The van der Waals surface area contributed by atoms with Gasteiger partial charge in [-0.15, -0.1) is 0 Å². The van der Waals surface area contributed by atoms with Crippen LogP contribution in [0.3, 0.4) is 0 Å². The van der Waals surface area contributed by atoms with E-state index in [0.29, 0.717) is 11.4 Å². The second-order valence-corrected chi connectivity index (χ2v) is 7.71. The number of hydrogen-bond donors (Lipinski definition) is 2. The van der Waals surface area contributed by atoms with Gasteiger partial charge in [0.2, 0.25) is 0 Å². The Kier molecular flexibility index (Phi) is 5.42. The van der Waals surface area contributed by atoms with Crippen LogP contribution in [0.5, 0.6) is 5.75 Å². The van der Waals surface area contributed by atoms with Crippen LogP contribution in [0.4, 0.5) is 11.4 Å². The minimum absolute atomic E-state index is 0.100. The molecule has 0 radical (unpaired) electrons. The first-order chi connectivity index (χ1) is 14.9. The molecule has 0 aliphatic rings. The van der Waals surface area contributed by atoms with E-state index in [-0.39, 0.29) is 17.7 Å². The van der Waals surface area contributed by atoms with E-state index in [0.717, 1.165) is 40.1 Å². The summed E-state index contributed by atoms with van der Waals surface area (Å²) in [6.07, 6.45) is 0.100. The highest BCUT2D eigenvalue weighted by Crippen LogP contribution is 2.38. The number of aryl methyl sites for hydroxylation is 2. The topological polar surface area (TPSA) is 95.3 Å². The Morgan fingerprint density at radius 3 is 2.55 bits per heavy atom. The zero-order valence-corrected chi connectivity index (χ0v) is 18.1. The van der Waals surface area contributed by atoms with Gasteiger partial charge in [-0.05, 0) is 52.0 Å². The van der Waals surface area contributed by atoms with E-state index in [4.69, 9.17) is 15.0 Å². The molecule has 0 unspecified atom stereocenters. The van der Waals surface area contributed by atoms with Crippen LogP contribution in [0.15, 0.2) is 53.1 Å². The van der Waals surface area contributed by atoms with Gasteiger partial charge in [-0.2, -0.15) is 0 Å². The molecule has 160 valence electrons. The Morgan fingerprint density at radius 2 is 1.94 bits per heavy atom. The summed E-state index contributed by atoms with van der Waals surface area (Å²) in [7, 11) is 0. The number of nitrogens with zero attached hydrogens (tertiary/aromatic N) is 2. The number of carbonyl (C=O) groups excluding carboxylic acids is 1. The average molecular weight is 418 g/mol. The maximum atomic E-state index is 12.3. The van der Waals surface area contributed by atoms with Crippen molar-refractivity contribution >= 4 is 28.2 Å². The molecule has 0 aliphatic heterocycles. The van der Waals surface area contributed by atoms with E-state index < -0.39 is 0 Å². The van der Waals surface area contributed by atoms with E-state index >= 15 is 0 Å². The molecule has 7 heteroatoms. The average Bonchev–Trinajstić information content (AvgIpc) is 3.29. The first-order valence-corrected chi connectivity index (χ1v) is 10.3. The Labute approximate surface area is 180 Å². The minimum Gasteiger partial charge on any atom is -0.491 e. The molecule has 31 heavy (non-hydrogen) atoms. The lowest BCUT2D eigenvalue weighted by Crippen LogP contribution is -2.12. The highest BCUT2D eigenvalue weighted by atomic mass is 16.5. The smallest absolute Gasteiger partial charge is 0.277 e. The summed E-state index contributed by atoms with van der Waals surface area (Å²) in [5, 5.41) is 7.57. The molecule has 0 aliphatic carbocycles. The molecule has 2 aromatic heterocycles. The summed E-state index contributed by atoms with van der Waals surface area (Å²) in [6, 6.07) is 15.2. The summed E-state index contributed by atoms with van der Waals surface area (Å²) in [6.45, 7) is 8.61. The maximum Gasteiger partial charge on any atom is 0.277 e. The summed E-state index contributed by atoms with van der Waals surface area (Å²) in [5.41, 5.74) is 11.1. The largest absolute Gasteiger partial charge is 0.491 e. The monoisotopic (exact) mass is 418 g/mol. The summed E-state index contributed by atoms with van der Waals surface area (Å²) in [5.74, 6) is 1.09. The molecule has 1 amide bonds. The molecule has 0 saturated carbocycles. The van der Waals surface area contributed by atoms with Gasteiger partial charge >= 0.3 is 0 Å². The van der Waals surface area contributed by atoms with E-state index in [1.165, 1.54) is 0 Å². The third kappa shape index (κ3) is 3.99. The molecule has 0 spiro atoms. The molecule has 0 bridgehead atoms. The Balaban J connectivity index is 1.66. The fourth-order valence-corrected chi connectivity index (χ4v) is 3.72. The summed E-state index contributed by atoms with van der Waals surface area (Å²) >= 11 is 0. The van der Waals surface area contributed by atoms with Gasteiger partial charge in [-0.3, -0.25) is 4.79 Å². The molecule has 7 nitrogen and oxygen atoms in total. The maximum absolute atomic E-state index is 12.3. The third-order valence-electron chi connectivity index (χ3n) is 5.04. The number of benzene rings is 2. The molecular weight excluding hydrogens is 392 g/mol. The molecule has 3 N–H and O–H groups in total. The van der Waals surface area contributed by atoms with Crippen molar-refractivity contribution < 1.29 is 14.1 Å². The molecule has 2 aromatic carbocycles. The first-order valence-electron chi connectivity index (χ1n) is 10.3. The van der Waals surface area contributed by atoms with Crippen molar-refractivity contribution in [2.75, 3.05) is 11.1 Å². The number of rotatable bonds is 6. The molecular formula is C24H26N4O3. The highest BCUT2D eigenvalue weighted by molar-refractivity contribution is 6.03. The standard InChI is InChI=1S/C24H26N4O3/c1-5-28-21-13-18(30-14(2)3)10-11-19(21)22(25)23(28)16-6-8-17(9-7-16)26-24(29)20-12-15(4)31-27-20/h6-14H,5,25H2,1-4H3,(H,26,29). The predicted octanol–water partition coefficient (Wildman–Crippen LogP) is 5.25. The van der Waals surface area contributed by atoms with Crippen molar-refractivity contribution in [3.05, 3.63) is 60.0 Å². The van der Waals surface area contributed by atoms with Crippen molar-refractivity contribution in [1.82, 2.24) is 9.72 Å². The summed E-state index contributed by atoms with van der Waals surface area (Å²) in [4.78, 5) is 12.3. The molecule has 4 aromatic rings. The Morgan fingerprint density at radius 1 is 1.19 bits per heavy atom. The van der Waals surface area contributed by atoms with Crippen LogP contribution in [0.2, 0.25) is 0 Å². The number of ether oxygens (including phenoxy) is 1. The zero-order valence-electron chi connectivity index (χ0n) is 18.1. The highest BCUT2D eigenvalue weighted by Gasteiger charge is 2.17. The lowest BCUT2D eigenvalue weighted by molar-refractivity contribution is 0.101. The van der Waals surface area contributed by atoms with Crippen molar-refractivity contribution in [2.24, 2.45) is 0 Å². The zero-order chi connectivity index (χ0) is 22.1.